The summed E-state index contributed by atoms with van der Waals surface area (Å²) in [4.78, 5) is 1.92. The topological polar surface area (TPSA) is 15.3 Å². The van der Waals surface area contributed by atoms with Crippen LogP contribution in [-0.4, -0.2) is 37.1 Å². The number of nitrogens with one attached hydrogen (secondary N) is 1. The number of rotatable bonds is 7. The van der Waals surface area contributed by atoms with E-state index in [1.807, 2.05) is 4.90 Å². The first-order valence-electron chi connectivity index (χ1n) is 7.86. The summed E-state index contributed by atoms with van der Waals surface area (Å²) in [5.41, 5.74) is 0.109. The molecule has 1 atom stereocenters. The quantitative estimate of drug-likeness (QED) is 0.828. The fourth-order valence-electron chi connectivity index (χ4n) is 3.00. The van der Waals surface area contributed by atoms with Crippen molar-refractivity contribution in [3.05, 3.63) is 35.9 Å². The Bertz CT molecular complexity index is 414. The van der Waals surface area contributed by atoms with E-state index in [0.717, 1.165) is 19.4 Å². The van der Waals surface area contributed by atoms with Crippen molar-refractivity contribution in [2.24, 2.45) is 5.92 Å². The highest BCUT2D eigenvalue weighted by Crippen LogP contribution is 2.29. The molecule has 0 radical (unpaired) electrons. The molecule has 1 aromatic carbocycles. The van der Waals surface area contributed by atoms with Crippen LogP contribution in [0.5, 0.6) is 0 Å². The molecule has 1 heterocycles. The van der Waals surface area contributed by atoms with Gasteiger partial charge in [0.25, 0.3) is 5.92 Å². The Hall–Kier alpha value is -1.00. The van der Waals surface area contributed by atoms with Gasteiger partial charge in [-0.1, -0.05) is 44.2 Å². The molecule has 0 aromatic heterocycles. The monoisotopic (exact) mass is 296 g/mol. The van der Waals surface area contributed by atoms with Crippen LogP contribution in [0.15, 0.2) is 30.3 Å². The third-order valence-electron chi connectivity index (χ3n) is 3.88. The summed E-state index contributed by atoms with van der Waals surface area (Å²) in [6, 6.07) is 8.51. The van der Waals surface area contributed by atoms with Crippen LogP contribution in [0.4, 0.5) is 8.78 Å². The molecule has 0 bridgehead atoms. The molecule has 0 amide bonds. The van der Waals surface area contributed by atoms with Crippen LogP contribution in [0, 0.1) is 5.92 Å². The predicted molar refractivity (Wildman–Crippen MR) is 82.6 cm³/mol. The molecule has 0 saturated carbocycles. The lowest BCUT2D eigenvalue weighted by molar-refractivity contribution is -0.0415. The van der Waals surface area contributed by atoms with Gasteiger partial charge in [-0.25, -0.2) is 0 Å². The van der Waals surface area contributed by atoms with Crippen molar-refractivity contribution in [1.82, 2.24) is 10.2 Å². The molecule has 1 aliphatic heterocycles. The standard InChI is InChI=1S/C17H26F2N2/c1-14(2)11-21(12-16-9-6-10-20-16)13-17(18,19)15-7-4-3-5-8-15/h3-5,7-8,14,16,20H,6,9-13H2,1-2H3. The molecule has 1 N–H and O–H groups in total. The van der Waals surface area contributed by atoms with E-state index in [1.165, 1.54) is 12.1 Å². The first-order chi connectivity index (χ1) is 9.97. The van der Waals surface area contributed by atoms with Crippen molar-refractivity contribution in [3.8, 4) is 0 Å². The fraction of sp³-hybridized carbons (Fsp3) is 0.647. The number of benzene rings is 1. The molecule has 0 aliphatic carbocycles. The van der Waals surface area contributed by atoms with Gasteiger partial charge in [-0.2, -0.15) is 8.78 Å². The molecule has 4 heteroatoms. The summed E-state index contributed by atoms with van der Waals surface area (Å²) < 4.78 is 28.9. The molecule has 1 unspecified atom stereocenters. The van der Waals surface area contributed by atoms with Gasteiger partial charge >= 0.3 is 0 Å². The Morgan fingerprint density at radius 1 is 1.29 bits per heavy atom. The van der Waals surface area contributed by atoms with Crippen LogP contribution in [0.25, 0.3) is 0 Å². The van der Waals surface area contributed by atoms with Gasteiger partial charge in [0.1, 0.15) is 0 Å². The molecular weight excluding hydrogens is 270 g/mol. The normalized spacial score (nSPS) is 19.6. The number of alkyl halides is 2. The van der Waals surface area contributed by atoms with E-state index >= 15 is 0 Å². The molecule has 2 rings (SSSR count). The highest BCUT2D eigenvalue weighted by molar-refractivity contribution is 5.20. The van der Waals surface area contributed by atoms with Crippen molar-refractivity contribution in [2.75, 3.05) is 26.2 Å². The molecule has 0 spiro atoms. The van der Waals surface area contributed by atoms with Crippen LogP contribution in [0.3, 0.4) is 0 Å². The highest BCUT2D eigenvalue weighted by Gasteiger charge is 2.34. The average molecular weight is 296 g/mol. The Labute approximate surface area is 126 Å². The zero-order chi connectivity index (χ0) is 15.3. The second-order valence-corrected chi connectivity index (χ2v) is 6.45. The highest BCUT2D eigenvalue weighted by atomic mass is 19.3. The van der Waals surface area contributed by atoms with Crippen LogP contribution < -0.4 is 5.32 Å². The number of hydrogen-bond acceptors (Lipinski definition) is 2. The van der Waals surface area contributed by atoms with Crippen molar-refractivity contribution in [2.45, 2.75) is 38.7 Å². The van der Waals surface area contributed by atoms with Crippen LogP contribution in [0.2, 0.25) is 0 Å². The summed E-state index contributed by atoms with van der Waals surface area (Å²) in [7, 11) is 0. The van der Waals surface area contributed by atoms with Crippen molar-refractivity contribution < 1.29 is 8.78 Å². The smallest absolute Gasteiger partial charge is 0.285 e. The average Bonchev–Trinajstić information content (AvgIpc) is 2.91. The maximum absolute atomic E-state index is 14.5. The maximum atomic E-state index is 14.5. The SMILES string of the molecule is CC(C)CN(CC1CCCN1)CC(F)(F)c1ccccc1. The van der Waals surface area contributed by atoms with E-state index < -0.39 is 5.92 Å². The van der Waals surface area contributed by atoms with Gasteiger partial charge in [0.05, 0.1) is 6.54 Å². The van der Waals surface area contributed by atoms with Crippen molar-refractivity contribution in [1.29, 1.82) is 0 Å². The Balaban J connectivity index is 2.02. The second kappa shape index (κ2) is 7.32. The number of nitrogens with zero attached hydrogens (tertiary/aromatic N) is 1. The predicted octanol–water partition coefficient (Wildman–Crippen LogP) is 3.49. The lowest BCUT2D eigenvalue weighted by Crippen LogP contribution is -2.44. The molecule has 1 aliphatic rings. The third-order valence-corrected chi connectivity index (χ3v) is 3.88. The van der Waals surface area contributed by atoms with E-state index in [0.29, 0.717) is 25.0 Å². The second-order valence-electron chi connectivity index (χ2n) is 6.45. The minimum Gasteiger partial charge on any atom is -0.313 e. The van der Waals surface area contributed by atoms with Gasteiger partial charge in [0, 0.05) is 24.7 Å². The Kier molecular flexibility index (Phi) is 5.71. The number of halogens is 2. The minimum absolute atomic E-state index is 0.109. The van der Waals surface area contributed by atoms with Crippen LogP contribution in [-0.2, 0) is 5.92 Å². The summed E-state index contributed by atoms with van der Waals surface area (Å²) in [5.74, 6) is -2.41. The van der Waals surface area contributed by atoms with E-state index in [-0.39, 0.29) is 12.1 Å². The van der Waals surface area contributed by atoms with Gasteiger partial charge < -0.3 is 5.32 Å². The molecular formula is C17H26F2N2. The Morgan fingerprint density at radius 3 is 2.57 bits per heavy atom. The summed E-state index contributed by atoms with van der Waals surface area (Å²) in [6.07, 6.45) is 2.24. The summed E-state index contributed by atoms with van der Waals surface area (Å²) in [5, 5.41) is 3.40. The summed E-state index contributed by atoms with van der Waals surface area (Å²) >= 11 is 0. The van der Waals surface area contributed by atoms with Gasteiger partial charge in [0.15, 0.2) is 0 Å². The summed E-state index contributed by atoms with van der Waals surface area (Å²) in [6.45, 7) is 6.38. The first kappa shape index (κ1) is 16.4. The minimum atomic E-state index is -2.80. The molecule has 118 valence electrons. The van der Waals surface area contributed by atoms with E-state index in [9.17, 15) is 8.78 Å². The fourth-order valence-corrected chi connectivity index (χ4v) is 3.00. The molecule has 1 aromatic rings. The van der Waals surface area contributed by atoms with Gasteiger partial charge in [-0.05, 0) is 25.3 Å². The molecule has 1 fully saturated rings. The molecule has 2 nitrogen and oxygen atoms in total. The number of hydrogen-bond donors (Lipinski definition) is 1. The lowest BCUT2D eigenvalue weighted by atomic mass is 10.1. The van der Waals surface area contributed by atoms with Gasteiger partial charge in [-0.15, -0.1) is 0 Å². The first-order valence-corrected chi connectivity index (χ1v) is 7.86. The van der Waals surface area contributed by atoms with Crippen molar-refractivity contribution in [3.63, 3.8) is 0 Å². The zero-order valence-corrected chi connectivity index (χ0v) is 13.0. The maximum Gasteiger partial charge on any atom is 0.285 e. The molecule has 1 saturated heterocycles. The van der Waals surface area contributed by atoms with E-state index in [4.69, 9.17) is 0 Å². The third kappa shape index (κ3) is 5.04. The van der Waals surface area contributed by atoms with Gasteiger partial charge in [-0.3, -0.25) is 4.90 Å². The van der Waals surface area contributed by atoms with E-state index in [1.54, 1.807) is 18.2 Å². The van der Waals surface area contributed by atoms with Gasteiger partial charge in [0.2, 0.25) is 0 Å². The van der Waals surface area contributed by atoms with E-state index in [2.05, 4.69) is 19.2 Å². The largest absolute Gasteiger partial charge is 0.313 e. The lowest BCUT2D eigenvalue weighted by Gasteiger charge is -2.31. The molecule has 21 heavy (non-hydrogen) atoms. The Morgan fingerprint density at radius 2 is 2.00 bits per heavy atom. The zero-order valence-electron chi connectivity index (χ0n) is 13.0. The van der Waals surface area contributed by atoms with Crippen LogP contribution in [0.1, 0.15) is 32.3 Å². The van der Waals surface area contributed by atoms with Crippen molar-refractivity contribution >= 4 is 0 Å². The van der Waals surface area contributed by atoms with Crippen LogP contribution >= 0.6 is 0 Å².